The largest absolute Gasteiger partial charge is 0.741 e. The highest BCUT2D eigenvalue weighted by molar-refractivity contribution is 7.86. The van der Waals surface area contributed by atoms with Crippen molar-refractivity contribution in [2.75, 3.05) is 0 Å². The molecule has 0 saturated heterocycles. The van der Waals surface area contributed by atoms with Crippen molar-refractivity contribution < 1.29 is 61.4 Å². The van der Waals surface area contributed by atoms with E-state index in [1.807, 2.05) is 0 Å². The number of alkyl halides is 6. The van der Waals surface area contributed by atoms with Crippen molar-refractivity contribution in [3.8, 4) is 0 Å². The Morgan fingerprint density at radius 2 is 0.850 bits per heavy atom. The zero-order valence-electron chi connectivity index (χ0n) is 24.0. The van der Waals surface area contributed by atoms with Gasteiger partial charge in [0.15, 0.2) is 31.3 Å². The zero-order valence-corrected chi connectivity index (χ0v) is 25.6. The van der Waals surface area contributed by atoms with Crippen molar-refractivity contribution >= 4 is 32.7 Å². The van der Waals surface area contributed by atoms with Gasteiger partial charge in [-0.05, 0) is 40.5 Å². The number of nitrogens with zero attached hydrogens (tertiary/aromatic N) is 2. The average Bonchev–Trinajstić information content (AvgIpc) is 3.04. The fourth-order valence-corrected chi connectivity index (χ4v) is 6.44. The van der Waals surface area contributed by atoms with Crippen LogP contribution in [0.5, 0.6) is 0 Å². The molecule has 1 fully saturated rings. The summed E-state index contributed by atoms with van der Waals surface area (Å²) < 4.78 is 123. The first kappa shape index (κ1) is 36.8. The lowest BCUT2D eigenvalue weighted by Gasteiger charge is -2.34. The zero-order chi connectivity index (χ0) is 32.0. The van der Waals surface area contributed by atoms with E-state index < -0.39 is 31.3 Å². The van der Waals surface area contributed by atoms with Crippen molar-refractivity contribution in [2.45, 2.75) is 128 Å². The van der Waals surface area contributed by atoms with Crippen molar-refractivity contribution in [2.24, 2.45) is 10.8 Å². The van der Waals surface area contributed by atoms with Crippen LogP contribution in [0, 0.1) is 10.8 Å². The van der Waals surface area contributed by atoms with E-state index in [4.69, 9.17) is 25.9 Å². The first-order chi connectivity index (χ1) is 17.3. The van der Waals surface area contributed by atoms with Gasteiger partial charge >= 0.3 is 11.0 Å². The Morgan fingerprint density at radius 3 is 1.00 bits per heavy atom. The van der Waals surface area contributed by atoms with Gasteiger partial charge in [-0.1, -0.05) is 27.7 Å². The first-order valence-corrected chi connectivity index (χ1v) is 15.5. The molecule has 0 aromatic rings. The van der Waals surface area contributed by atoms with Gasteiger partial charge in [-0.15, -0.1) is 0 Å². The van der Waals surface area contributed by atoms with Crippen LogP contribution in [-0.2, 0) is 20.2 Å². The summed E-state index contributed by atoms with van der Waals surface area (Å²) in [7, 11) is -12.2. The smallest absolute Gasteiger partial charge is 0.485 e. The minimum Gasteiger partial charge on any atom is -0.741 e. The summed E-state index contributed by atoms with van der Waals surface area (Å²) in [4.78, 5) is 0. The van der Waals surface area contributed by atoms with Gasteiger partial charge in [-0.25, -0.2) is 26.0 Å². The maximum atomic E-state index is 10.7. The summed E-state index contributed by atoms with van der Waals surface area (Å²) in [6, 6.07) is 1.33. The second-order valence-electron chi connectivity index (χ2n) is 13.2. The molecule has 0 radical (unpaired) electrons. The average molecular weight is 631 g/mol. The summed E-state index contributed by atoms with van der Waals surface area (Å²) in [5, 5.41) is 0. The van der Waals surface area contributed by atoms with Gasteiger partial charge in [0, 0.05) is 36.5 Å². The molecule has 2 aliphatic heterocycles. The Hall–Kier alpha value is -1.26. The monoisotopic (exact) mass is 630 g/mol. The van der Waals surface area contributed by atoms with Gasteiger partial charge < -0.3 is 9.11 Å². The van der Waals surface area contributed by atoms with E-state index in [0.29, 0.717) is 22.9 Å². The van der Waals surface area contributed by atoms with Crippen molar-refractivity contribution in [3.63, 3.8) is 0 Å². The molecular formula is C24H40F6N2O6S2. The molecular weight excluding hydrogens is 590 g/mol. The Labute approximate surface area is 233 Å². The maximum absolute atomic E-state index is 10.7. The molecule has 2 heterocycles. The highest BCUT2D eigenvalue weighted by Crippen LogP contribution is 2.42. The van der Waals surface area contributed by atoms with E-state index in [0.717, 1.165) is 0 Å². The van der Waals surface area contributed by atoms with Crippen LogP contribution < -0.4 is 0 Å². The van der Waals surface area contributed by atoms with Crippen LogP contribution in [-0.4, -0.2) is 81.7 Å². The topological polar surface area (TPSA) is 120 Å². The second-order valence-corrected chi connectivity index (χ2v) is 16.0. The molecule has 1 aliphatic carbocycles. The van der Waals surface area contributed by atoms with E-state index in [2.05, 4.69) is 77.0 Å². The van der Waals surface area contributed by atoms with Crippen molar-refractivity contribution in [1.82, 2.24) is 0 Å². The third-order valence-corrected chi connectivity index (χ3v) is 8.26. The highest BCUT2D eigenvalue weighted by Gasteiger charge is 2.56. The van der Waals surface area contributed by atoms with Gasteiger partial charge in [0.25, 0.3) is 0 Å². The molecule has 2 atom stereocenters. The predicted octanol–water partition coefficient (Wildman–Crippen LogP) is 4.98. The van der Waals surface area contributed by atoms with Gasteiger partial charge in [0.1, 0.15) is 12.4 Å². The molecule has 0 bridgehead atoms. The number of hydrogen-bond acceptors (Lipinski definition) is 6. The van der Waals surface area contributed by atoms with Crippen molar-refractivity contribution in [3.05, 3.63) is 0 Å². The van der Waals surface area contributed by atoms with Crippen molar-refractivity contribution in [1.29, 1.82) is 0 Å². The molecule has 40 heavy (non-hydrogen) atoms. The van der Waals surface area contributed by atoms with Gasteiger partial charge in [-0.2, -0.15) is 26.3 Å². The molecule has 236 valence electrons. The summed E-state index contributed by atoms with van der Waals surface area (Å²) in [5.74, 6) is 0. The van der Waals surface area contributed by atoms with Crippen LogP contribution in [0.1, 0.15) is 93.9 Å². The lowest BCUT2D eigenvalue weighted by Crippen LogP contribution is -2.54. The molecule has 3 aliphatic rings. The summed E-state index contributed by atoms with van der Waals surface area (Å²) in [6.07, 6.45) is 13.2. The molecule has 0 amide bonds. The third kappa shape index (κ3) is 9.65. The number of halogens is 6. The van der Waals surface area contributed by atoms with Crippen LogP contribution in [0.3, 0.4) is 0 Å². The molecule has 0 unspecified atom stereocenters. The molecule has 8 nitrogen and oxygen atoms in total. The Kier molecular flexibility index (Phi) is 10.5. The summed E-state index contributed by atoms with van der Waals surface area (Å²) in [6.45, 7) is 19.4. The molecule has 0 spiro atoms. The molecule has 0 aromatic carbocycles. The van der Waals surface area contributed by atoms with Crippen LogP contribution in [0.25, 0.3) is 0 Å². The van der Waals surface area contributed by atoms with Gasteiger partial charge in [0.2, 0.25) is 12.1 Å². The Balaban J connectivity index is 0.000000412. The highest BCUT2D eigenvalue weighted by atomic mass is 32.2. The van der Waals surface area contributed by atoms with E-state index in [9.17, 15) is 26.3 Å². The predicted molar refractivity (Wildman–Crippen MR) is 135 cm³/mol. The lowest BCUT2D eigenvalue weighted by molar-refractivity contribution is -0.707. The fourth-order valence-electron chi connectivity index (χ4n) is 6.44. The third-order valence-electron chi connectivity index (χ3n) is 7.13. The SMILES string of the molecule is CC1(C)C=[N+]([C@H]2CCCC[C@@H]2[N+]2=CC(C)(C)CC2(C)C)C(C)(C)C1.O=S(=O)([O-])C(F)(F)F.O=S(=O)([O-])C(F)(F)F. The first-order valence-electron chi connectivity index (χ1n) is 12.7. The quantitative estimate of drug-likeness (QED) is 0.184. The van der Waals surface area contributed by atoms with Crippen LogP contribution in [0.2, 0.25) is 0 Å². The van der Waals surface area contributed by atoms with Gasteiger partial charge in [-0.3, -0.25) is 0 Å². The normalized spacial score (nSPS) is 27.4. The molecule has 0 aromatic heterocycles. The number of hydrogen-bond donors (Lipinski definition) is 0. The van der Waals surface area contributed by atoms with E-state index in [1.54, 1.807) is 0 Å². The van der Waals surface area contributed by atoms with Crippen LogP contribution >= 0.6 is 0 Å². The molecule has 0 N–H and O–H groups in total. The van der Waals surface area contributed by atoms with Gasteiger partial charge in [0.05, 0.1) is 0 Å². The molecule has 16 heteroatoms. The fraction of sp³-hybridized carbons (Fsp3) is 0.917. The Bertz CT molecular complexity index is 1110. The van der Waals surface area contributed by atoms with Crippen LogP contribution in [0.4, 0.5) is 26.3 Å². The second kappa shape index (κ2) is 11.4. The van der Waals surface area contributed by atoms with E-state index in [1.165, 1.54) is 38.5 Å². The lowest BCUT2D eigenvalue weighted by atomic mass is 9.82. The molecule has 1 saturated carbocycles. The standard InChI is InChI=1S/C22H40N2.2CHF3O3S/c1-19(2)13-21(5,6)23(15-19)17-11-9-10-12-18(17)24-16-20(3,4)14-22(24,7)8;2*2-1(3,4)8(5,6)7/h15-18H,9-14H2,1-8H3;2*(H,5,6,7)/q+2;;/p-2/t17-,18-;;/m0../s1. The minimum absolute atomic E-state index is 0.281. The van der Waals surface area contributed by atoms with Crippen LogP contribution in [0.15, 0.2) is 0 Å². The Morgan fingerprint density at radius 1 is 0.625 bits per heavy atom. The summed E-state index contributed by atoms with van der Waals surface area (Å²) in [5.41, 5.74) is -10.1. The molecule has 3 rings (SSSR count). The minimum atomic E-state index is -6.09. The number of rotatable bonds is 2. The van der Waals surface area contributed by atoms with E-state index in [-0.39, 0.29) is 11.1 Å². The maximum Gasteiger partial charge on any atom is 0.485 e. The van der Waals surface area contributed by atoms with E-state index >= 15 is 0 Å². The summed E-state index contributed by atoms with van der Waals surface area (Å²) >= 11 is 0.